The summed E-state index contributed by atoms with van der Waals surface area (Å²) in [6.45, 7) is 2.09. The Morgan fingerprint density at radius 1 is 0.404 bits per heavy atom. The first-order valence-corrected chi connectivity index (χ1v) is 18.1. The van der Waals surface area contributed by atoms with E-state index in [1.54, 1.807) is 26.8 Å². The molecule has 6 rings (SSSR count). The smallest absolute Gasteiger partial charge is 0.195 e. The fourth-order valence-corrected chi connectivity index (χ4v) is 5.22. The summed E-state index contributed by atoms with van der Waals surface area (Å²) in [4.78, 5) is 18.4. The zero-order valence-electron chi connectivity index (χ0n) is 33.5. The van der Waals surface area contributed by atoms with Crippen molar-refractivity contribution in [3.8, 4) is 33.4 Å². The van der Waals surface area contributed by atoms with Gasteiger partial charge in [-0.2, -0.15) is 0 Å². The predicted molar refractivity (Wildman–Crippen MR) is 235 cm³/mol. The number of guanidine groups is 3. The van der Waals surface area contributed by atoms with Crippen molar-refractivity contribution in [2.75, 3.05) is 42.3 Å². The van der Waals surface area contributed by atoms with Gasteiger partial charge in [0.05, 0.1) is 17.1 Å². The normalized spacial score (nSPS) is 11.4. The minimum Gasteiger partial charge on any atom is -0.370 e. The lowest BCUT2D eigenvalue weighted by atomic mass is 10.0. The molecule has 0 saturated heterocycles. The van der Waals surface area contributed by atoms with Gasteiger partial charge in [0.25, 0.3) is 0 Å². The molecule has 294 valence electrons. The highest BCUT2D eigenvalue weighted by Crippen LogP contribution is 2.33. The van der Waals surface area contributed by atoms with Crippen LogP contribution >= 0.6 is 0 Å². The van der Waals surface area contributed by atoms with Gasteiger partial charge >= 0.3 is 0 Å². The van der Waals surface area contributed by atoms with Crippen LogP contribution in [0.4, 0.5) is 25.8 Å². The van der Waals surface area contributed by atoms with E-state index in [-0.39, 0.29) is 11.6 Å². The van der Waals surface area contributed by atoms with E-state index in [9.17, 15) is 8.78 Å². The molecule has 11 heteroatoms. The number of nitrogens with two attached hydrogens (primary N) is 3. The summed E-state index contributed by atoms with van der Waals surface area (Å²) in [5.74, 6) is 0.728. The monoisotopic (exact) mass is 767 g/mol. The number of halogens is 2. The Balaban J connectivity index is 0.000000189. The third-order valence-corrected chi connectivity index (χ3v) is 8.40. The zero-order chi connectivity index (χ0) is 41.5. The maximum Gasteiger partial charge on any atom is 0.195 e. The van der Waals surface area contributed by atoms with Gasteiger partial charge in [-0.1, -0.05) is 109 Å². The van der Waals surface area contributed by atoms with E-state index in [0.717, 1.165) is 44.8 Å². The zero-order valence-corrected chi connectivity index (χ0v) is 33.5. The summed E-state index contributed by atoms with van der Waals surface area (Å²) >= 11 is 0. The van der Waals surface area contributed by atoms with Gasteiger partial charge in [0.1, 0.15) is 11.6 Å². The Morgan fingerprint density at radius 3 is 1.28 bits per heavy atom. The van der Waals surface area contributed by atoms with Crippen molar-refractivity contribution in [3.63, 3.8) is 0 Å². The molecular formula is C46H51F2N9. The molecule has 0 aliphatic heterocycles. The molecule has 0 radical (unpaired) electrons. The van der Waals surface area contributed by atoms with Crippen LogP contribution in [0.25, 0.3) is 33.4 Å². The second kappa shape index (κ2) is 20.6. The van der Waals surface area contributed by atoms with Crippen LogP contribution in [0, 0.1) is 18.6 Å². The molecule has 0 fully saturated rings. The number of rotatable bonds is 6. The molecule has 0 aliphatic carbocycles. The summed E-state index contributed by atoms with van der Waals surface area (Å²) in [7, 11) is 11.0. The molecule has 0 amide bonds. The van der Waals surface area contributed by atoms with E-state index in [4.69, 9.17) is 17.2 Å². The maximum absolute atomic E-state index is 13.4. The number of aliphatic imine (C=N–C) groups is 3. The highest BCUT2D eigenvalue weighted by atomic mass is 19.1. The topological polar surface area (TPSA) is 125 Å². The van der Waals surface area contributed by atoms with Gasteiger partial charge in [-0.05, 0) is 66.1 Å². The highest BCUT2D eigenvalue weighted by Gasteiger charge is 2.09. The van der Waals surface area contributed by atoms with Crippen molar-refractivity contribution in [3.05, 3.63) is 163 Å². The Hall–Kier alpha value is -7.01. The van der Waals surface area contributed by atoms with E-state index >= 15 is 0 Å². The highest BCUT2D eigenvalue weighted by molar-refractivity contribution is 5.87. The van der Waals surface area contributed by atoms with E-state index in [1.807, 2.05) is 121 Å². The van der Waals surface area contributed by atoms with Gasteiger partial charge < -0.3 is 31.9 Å². The minimum atomic E-state index is -0.291. The molecule has 0 saturated carbocycles. The molecule has 6 aromatic rings. The van der Waals surface area contributed by atoms with E-state index in [1.165, 1.54) is 29.8 Å². The maximum atomic E-state index is 13.4. The number of hydrogen-bond donors (Lipinski definition) is 3. The lowest BCUT2D eigenvalue weighted by Gasteiger charge is -2.12. The first-order valence-electron chi connectivity index (χ1n) is 18.1. The number of benzene rings is 6. The number of hydrogen-bond acceptors (Lipinski definition) is 3. The van der Waals surface area contributed by atoms with Gasteiger partial charge in [-0.3, -0.25) is 0 Å². The van der Waals surface area contributed by atoms with Crippen LogP contribution in [0.5, 0.6) is 0 Å². The minimum absolute atomic E-state index is 0.267. The second-order valence-electron chi connectivity index (χ2n) is 13.5. The molecule has 0 spiro atoms. The third kappa shape index (κ3) is 12.8. The van der Waals surface area contributed by atoms with Gasteiger partial charge in [0, 0.05) is 59.0 Å². The molecule has 0 unspecified atom stereocenters. The number of aryl methyl sites for hydroxylation is 1. The molecule has 0 atom stereocenters. The first kappa shape index (κ1) is 42.7. The summed E-state index contributed by atoms with van der Waals surface area (Å²) in [6.07, 6.45) is 0. The van der Waals surface area contributed by atoms with Gasteiger partial charge in [0.15, 0.2) is 17.9 Å². The van der Waals surface area contributed by atoms with Crippen molar-refractivity contribution in [1.29, 1.82) is 0 Å². The van der Waals surface area contributed by atoms with Crippen LogP contribution in [0.3, 0.4) is 0 Å². The van der Waals surface area contributed by atoms with Crippen LogP contribution in [-0.2, 0) is 0 Å². The molecule has 6 aromatic carbocycles. The van der Waals surface area contributed by atoms with Crippen molar-refractivity contribution in [1.82, 2.24) is 14.7 Å². The Morgan fingerprint density at radius 2 is 0.807 bits per heavy atom. The molecule has 0 aromatic heterocycles. The number of para-hydroxylation sites is 2. The van der Waals surface area contributed by atoms with E-state index < -0.39 is 0 Å². The number of nitrogens with zero attached hydrogens (tertiary/aromatic N) is 6. The molecular weight excluding hydrogens is 717 g/mol. The largest absolute Gasteiger partial charge is 0.370 e. The first-order chi connectivity index (χ1) is 27.2. The van der Waals surface area contributed by atoms with E-state index in [0.29, 0.717) is 23.6 Å². The fourth-order valence-electron chi connectivity index (χ4n) is 5.22. The third-order valence-electron chi connectivity index (χ3n) is 8.40. The fraction of sp³-hybridized carbons (Fsp3) is 0.152. The average Bonchev–Trinajstić information content (AvgIpc) is 3.19. The second-order valence-corrected chi connectivity index (χ2v) is 13.5. The Kier molecular flexibility index (Phi) is 15.4. The summed E-state index contributed by atoms with van der Waals surface area (Å²) in [5, 5.41) is 0. The Bertz CT molecular complexity index is 2210. The average molecular weight is 768 g/mol. The lowest BCUT2D eigenvalue weighted by molar-refractivity contribution is 0.614. The van der Waals surface area contributed by atoms with Crippen LogP contribution in [-0.4, -0.2) is 74.9 Å². The van der Waals surface area contributed by atoms with Gasteiger partial charge in [0.2, 0.25) is 0 Å². The predicted octanol–water partition coefficient (Wildman–Crippen LogP) is 9.17. The van der Waals surface area contributed by atoms with Crippen molar-refractivity contribution in [2.45, 2.75) is 6.92 Å². The quantitative estimate of drug-likeness (QED) is 0.115. The van der Waals surface area contributed by atoms with E-state index in [2.05, 4.69) is 52.2 Å². The molecule has 9 nitrogen and oxygen atoms in total. The molecule has 0 aliphatic rings. The summed E-state index contributed by atoms with van der Waals surface area (Å²) in [6, 6.07) is 44.4. The molecule has 0 heterocycles. The summed E-state index contributed by atoms with van der Waals surface area (Å²) in [5.41, 5.74) is 26.6. The van der Waals surface area contributed by atoms with Crippen molar-refractivity contribution >= 4 is 34.9 Å². The van der Waals surface area contributed by atoms with Crippen LogP contribution in [0.2, 0.25) is 0 Å². The SMILES string of the molecule is CN(C)C(N)=Nc1ccc(F)cc1-c1ccccc1.CN(C)C(N)=Nc1ccccc1-c1cccc(F)c1.Cc1cccc(-c2ccccc2N=C(N)N(C)C)c1. The lowest BCUT2D eigenvalue weighted by Crippen LogP contribution is -2.29. The van der Waals surface area contributed by atoms with Crippen LogP contribution in [0.1, 0.15) is 5.56 Å². The van der Waals surface area contributed by atoms with Gasteiger partial charge in [-0.25, -0.2) is 23.8 Å². The Labute approximate surface area is 335 Å². The van der Waals surface area contributed by atoms with Crippen molar-refractivity contribution < 1.29 is 8.78 Å². The van der Waals surface area contributed by atoms with Crippen molar-refractivity contribution in [2.24, 2.45) is 32.2 Å². The summed E-state index contributed by atoms with van der Waals surface area (Å²) < 4.78 is 26.7. The van der Waals surface area contributed by atoms with Crippen LogP contribution < -0.4 is 17.2 Å². The van der Waals surface area contributed by atoms with Gasteiger partial charge in [-0.15, -0.1) is 0 Å². The standard InChI is InChI=1S/C16H19N3.2C15H16FN3/c1-12-7-6-8-13(11-12)14-9-4-5-10-15(14)18-16(17)19(2)3;1-19(2)15(17)18-14-9-4-3-8-13(14)11-6-5-7-12(16)10-11;1-19(2)15(17)18-14-9-8-12(16)10-13(14)11-6-4-3-5-7-11/h4-11H,1-3H3,(H2,17,18);2*3-10H,1-2H3,(H2,17,18). The van der Waals surface area contributed by atoms with Crippen LogP contribution in [0.15, 0.2) is 161 Å². The molecule has 6 N–H and O–H groups in total. The molecule has 57 heavy (non-hydrogen) atoms. The molecule has 0 bridgehead atoms.